The second-order valence-corrected chi connectivity index (χ2v) is 7.01. The summed E-state index contributed by atoms with van der Waals surface area (Å²) in [4.78, 5) is 25.1. The molecule has 1 saturated carbocycles. The molecule has 0 atom stereocenters. The molecule has 0 radical (unpaired) electrons. The van der Waals surface area contributed by atoms with Crippen molar-refractivity contribution in [3.63, 3.8) is 0 Å². The number of fused-ring (bicyclic) bond motifs is 1. The van der Waals surface area contributed by atoms with E-state index in [2.05, 4.69) is 0 Å². The Balaban J connectivity index is 2.20. The average Bonchev–Trinajstić information content (AvgIpc) is 2.62. The van der Waals surface area contributed by atoms with E-state index in [0.29, 0.717) is 22.9 Å². The molecule has 1 aliphatic carbocycles. The normalized spacial score (nSPS) is 15.5. The van der Waals surface area contributed by atoms with Gasteiger partial charge in [0.2, 0.25) is 5.43 Å². The monoisotopic (exact) mass is 361 g/mol. The minimum absolute atomic E-state index is 0.0908. The minimum atomic E-state index is -0.564. The Morgan fingerprint density at radius 3 is 2.60 bits per heavy atom. The maximum atomic E-state index is 12.9. The second-order valence-electron chi connectivity index (χ2n) is 6.60. The van der Waals surface area contributed by atoms with E-state index in [0.717, 1.165) is 23.9 Å². The first-order chi connectivity index (χ1) is 12.1. The molecule has 1 aromatic heterocycles. The zero-order chi connectivity index (χ0) is 18.0. The van der Waals surface area contributed by atoms with E-state index in [-0.39, 0.29) is 17.6 Å². The fraction of sp³-hybridized carbons (Fsp3) is 0.500. The molecular weight excluding hydrogens is 338 g/mol. The molecule has 0 bridgehead atoms. The maximum absolute atomic E-state index is 12.9. The minimum Gasteiger partial charge on any atom is -0.462 e. The van der Waals surface area contributed by atoms with Crippen molar-refractivity contribution in [1.29, 1.82) is 0 Å². The highest BCUT2D eigenvalue weighted by Crippen LogP contribution is 2.37. The number of benzene rings is 1. The van der Waals surface area contributed by atoms with Crippen LogP contribution in [0.4, 0.5) is 0 Å². The van der Waals surface area contributed by atoms with Crippen LogP contribution in [0.5, 0.6) is 0 Å². The van der Waals surface area contributed by atoms with Gasteiger partial charge in [0.1, 0.15) is 5.56 Å². The molecule has 0 aliphatic heterocycles. The number of esters is 1. The number of hydrogen-bond acceptors (Lipinski definition) is 3. The Kier molecular flexibility index (Phi) is 5.48. The van der Waals surface area contributed by atoms with E-state index in [1.165, 1.54) is 19.3 Å². The smallest absolute Gasteiger partial charge is 0.343 e. The van der Waals surface area contributed by atoms with Crippen molar-refractivity contribution in [2.75, 3.05) is 6.61 Å². The predicted molar refractivity (Wildman–Crippen MR) is 101 cm³/mol. The fourth-order valence-corrected chi connectivity index (χ4v) is 4.08. The van der Waals surface area contributed by atoms with Gasteiger partial charge in [-0.2, -0.15) is 0 Å². The van der Waals surface area contributed by atoms with Gasteiger partial charge in [0.15, 0.2) is 0 Å². The number of carbonyl (C=O) groups is 1. The van der Waals surface area contributed by atoms with Crippen LogP contribution >= 0.6 is 11.6 Å². The number of halogens is 1. The van der Waals surface area contributed by atoms with Gasteiger partial charge in [-0.3, -0.25) is 4.79 Å². The van der Waals surface area contributed by atoms with Gasteiger partial charge in [-0.25, -0.2) is 4.79 Å². The van der Waals surface area contributed by atoms with Crippen LogP contribution in [0.15, 0.2) is 23.1 Å². The summed E-state index contributed by atoms with van der Waals surface area (Å²) in [6.45, 7) is 4.60. The van der Waals surface area contributed by atoms with Crippen molar-refractivity contribution >= 4 is 28.5 Å². The molecule has 2 aromatic rings. The SMILES string of the molecule is CCOC(=O)c1cn(CC)c2cc(Cl)c(C3CCCCC3)cc2c1=O. The van der Waals surface area contributed by atoms with Crippen LogP contribution in [-0.4, -0.2) is 17.1 Å². The largest absolute Gasteiger partial charge is 0.462 e. The molecule has 134 valence electrons. The highest BCUT2D eigenvalue weighted by atomic mass is 35.5. The molecule has 0 spiro atoms. The number of carbonyl (C=O) groups excluding carboxylic acids is 1. The molecule has 1 aliphatic rings. The molecule has 1 aromatic carbocycles. The number of hydrogen-bond donors (Lipinski definition) is 0. The number of pyridine rings is 1. The van der Waals surface area contributed by atoms with Gasteiger partial charge < -0.3 is 9.30 Å². The molecule has 0 unspecified atom stereocenters. The number of nitrogens with zero attached hydrogens (tertiary/aromatic N) is 1. The van der Waals surface area contributed by atoms with Crippen LogP contribution in [-0.2, 0) is 11.3 Å². The van der Waals surface area contributed by atoms with Crippen LogP contribution in [0, 0.1) is 0 Å². The van der Waals surface area contributed by atoms with Gasteiger partial charge in [-0.05, 0) is 50.3 Å². The molecule has 0 N–H and O–H groups in total. The summed E-state index contributed by atoms with van der Waals surface area (Å²) in [5.41, 5.74) is 1.62. The van der Waals surface area contributed by atoms with Crippen LogP contribution in [0.3, 0.4) is 0 Å². The van der Waals surface area contributed by atoms with Crippen LogP contribution in [0.1, 0.15) is 67.8 Å². The van der Waals surface area contributed by atoms with E-state index in [1.807, 2.05) is 23.6 Å². The molecule has 0 amide bonds. The Bertz CT molecular complexity index is 850. The molecule has 25 heavy (non-hydrogen) atoms. The van der Waals surface area contributed by atoms with E-state index in [9.17, 15) is 9.59 Å². The summed E-state index contributed by atoms with van der Waals surface area (Å²) >= 11 is 6.56. The zero-order valence-electron chi connectivity index (χ0n) is 14.8. The number of ether oxygens (including phenoxy) is 1. The first-order valence-electron chi connectivity index (χ1n) is 9.10. The van der Waals surface area contributed by atoms with E-state index >= 15 is 0 Å². The van der Waals surface area contributed by atoms with Crippen LogP contribution in [0.2, 0.25) is 5.02 Å². The molecule has 0 saturated heterocycles. The molecule has 3 rings (SSSR count). The van der Waals surface area contributed by atoms with Crippen molar-refractivity contribution in [1.82, 2.24) is 4.57 Å². The summed E-state index contributed by atoms with van der Waals surface area (Å²) in [5, 5.41) is 1.27. The van der Waals surface area contributed by atoms with Crippen molar-refractivity contribution in [3.05, 3.63) is 44.7 Å². The lowest BCUT2D eigenvalue weighted by Gasteiger charge is -2.23. The van der Waals surface area contributed by atoms with Gasteiger partial charge >= 0.3 is 5.97 Å². The molecular formula is C20H24ClNO3. The van der Waals surface area contributed by atoms with Gasteiger partial charge in [-0.15, -0.1) is 0 Å². The fourth-order valence-electron chi connectivity index (χ4n) is 3.77. The first kappa shape index (κ1) is 18.0. The molecule has 4 nitrogen and oxygen atoms in total. The van der Waals surface area contributed by atoms with E-state index < -0.39 is 5.97 Å². The highest BCUT2D eigenvalue weighted by molar-refractivity contribution is 6.32. The Morgan fingerprint density at radius 1 is 1.24 bits per heavy atom. The molecule has 1 fully saturated rings. The lowest BCUT2D eigenvalue weighted by molar-refractivity contribution is 0.0524. The van der Waals surface area contributed by atoms with Crippen molar-refractivity contribution in [3.8, 4) is 0 Å². The zero-order valence-corrected chi connectivity index (χ0v) is 15.6. The Labute approximate surface area is 152 Å². The number of aromatic nitrogens is 1. The third kappa shape index (κ3) is 3.45. The summed E-state index contributed by atoms with van der Waals surface area (Å²) in [6.07, 6.45) is 7.44. The standard InChI is InChI=1S/C20H24ClNO3/c1-3-22-12-16(20(24)25-4-2)19(23)15-10-14(17(21)11-18(15)22)13-8-6-5-7-9-13/h10-13H,3-9H2,1-2H3. The maximum Gasteiger partial charge on any atom is 0.343 e. The van der Waals surface area contributed by atoms with Gasteiger partial charge in [0, 0.05) is 23.2 Å². The van der Waals surface area contributed by atoms with Gasteiger partial charge in [-0.1, -0.05) is 30.9 Å². The third-order valence-electron chi connectivity index (χ3n) is 5.08. The summed E-state index contributed by atoms with van der Waals surface area (Å²) in [7, 11) is 0. The average molecular weight is 362 g/mol. The van der Waals surface area contributed by atoms with E-state index in [4.69, 9.17) is 16.3 Å². The summed E-state index contributed by atoms with van der Waals surface area (Å²) < 4.78 is 6.94. The topological polar surface area (TPSA) is 48.3 Å². The lowest BCUT2D eigenvalue weighted by Crippen LogP contribution is -2.21. The van der Waals surface area contributed by atoms with Crippen molar-refractivity contribution in [2.45, 2.75) is 58.4 Å². The molecule has 5 heteroatoms. The third-order valence-corrected chi connectivity index (χ3v) is 5.41. The molecule has 1 heterocycles. The van der Waals surface area contributed by atoms with Crippen molar-refractivity contribution in [2.24, 2.45) is 0 Å². The van der Waals surface area contributed by atoms with Gasteiger partial charge in [0.05, 0.1) is 12.1 Å². The highest BCUT2D eigenvalue weighted by Gasteiger charge is 2.22. The lowest BCUT2D eigenvalue weighted by atomic mass is 9.83. The quantitative estimate of drug-likeness (QED) is 0.728. The summed E-state index contributed by atoms with van der Waals surface area (Å²) in [5.74, 6) is -0.169. The second kappa shape index (κ2) is 7.61. The Morgan fingerprint density at radius 2 is 1.96 bits per heavy atom. The first-order valence-corrected chi connectivity index (χ1v) is 9.48. The van der Waals surface area contributed by atoms with Crippen LogP contribution in [0.25, 0.3) is 10.9 Å². The summed E-state index contributed by atoms with van der Waals surface area (Å²) in [6, 6.07) is 3.78. The van der Waals surface area contributed by atoms with E-state index in [1.54, 1.807) is 13.1 Å². The van der Waals surface area contributed by atoms with Crippen LogP contribution < -0.4 is 5.43 Å². The number of rotatable bonds is 4. The number of aryl methyl sites for hydroxylation is 1. The predicted octanol–water partition coefficient (Wildman–Crippen LogP) is 4.90. The Hall–Kier alpha value is -1.81. The van der Waals surface area contributed by atoms with Crippen molar-refractivity contribution < 1.29 is 9.53 Å². The van der Waals surface area contributed by atoms with Gasteiger partial charge in [0.25, 0.3) is 0 Å².